The van der Waals surface area contributed by atoms with Gasteiger partial charge in [-0.1, -0.05) is 25.3 Å². The number of nitrogens with zero attached hydrogens (tertiary/aromatic N) is 1. The van der Waals surface area contributed by atoms with Gasteiger partial charge < -0.3 is 14.6 Å². The van der Waals surface area contributed by atoms with Crippen LogP contribution in [0.5, 0.6) is 11.5 Å². The molecule has 1 heterocycles. The Morgan fingerprint density at radius 2 is 1.80 bits per heavy atom. The average molecular weight is 273 g/mol. The second-order valence-corrected chi connectivity index (χ2v) is 5.63. The summed E-state index contributed by atoms with van der Waals surface area (Å²) < 4.78 is 11.0. The third-order valence-corrected chi connectivity index (χ3v) is 4.37. The molecule has 4 nitrogen and oxygen atoms in total. The number of ether oxygens (including phenoxy) is 2. The number of hydrogen-bond acceptors (Lipinski definition) is 4. The van der Waals surface area contributed by atoms with Gasteiger partial charge >= 0.3 is 0 Å². The lowest BCUT2D eigenvalue weighted by molar-refractivity contribution is 0.0355. The van der Waals surface area contributed by atoms with Crippen LogP contribution in [0.2, 0.25) is 0 Å². The molecule has 1 atom stereocenters. The summed E-state index contributed by atoms with van der Waals surface area (Å²) in [6, 6.07) is 7.85. The number of hydrogen-bond donors (Lipinski definition) is 1. The van der Waals surface area contributed by atoms with Gasteiger partial charge in [0, 0.05) is 0 Å². The Bertz CT molecular complexity index is 529. The van der Waals surface area contributed by atoms with Gasteiger partial charge in [-0.25, -0.2) is 0 Å². The third-order valence-electron chi connectivity index (χ3n) is 4.37. The molecule has 3 rings (SSSR count). The zero-order chi connectivity index (χ0) is 14.0. The Kier molecular flexibility index (Phi) is 3.54. The van der Waals surface area contributed by atoms with Gasteiger partial charge in [0.15, 0.2) is 11.5 Å². The van der Waals surface area contributed by atoms with Crippen LogP contribution in [0.3, 0.4) is 0 Å². The molecule has 0 radical (unpaired) electrons. The SMILES string of the molecule is N#CC1(C(O)c2ccc3c(c2)OCCO3)CCCCC1. The molecular formula is C16H19NO3. The molecule has 0 aromatic heterocycles. The summed E-state index contributed by atoms with van der Waals surface area (Å²) in [6.45, 7) is 1.08. The smallest absolute Gasteiger partial charge is 0.161 e. The first kappa shape index (κ1) is 13.3. The van der Waals surface area contributed by atoms with Gasteiger partial charge in [0.2, 0.25) is 0 Å². The monoisotopic (exact) mass is 273 g/mol. The van der Waals surface area contributed by atoms with Gasteiger partial charge in [0.05, 0.1) is 17.6 Å². The van der Waals surface area contributed by atoms with Gasteiger partial charge in [-0.2, -0.15) is 5.26 Å². The van der Waals surface area contributed by atoms with Crippen molar-refractivity contribution in [2.45, 2.75) is 38.2 Å². The number of rotatable bonds is 2. The van der Waals surface area contributed by atoms with Crippen molar-refractivity contribution in [1.82, 2.24) is 0 Å². The molecule has 2 aliphatic rings. The van der Waals surface area contributed by atoms with Crippen LogP contribution in [0.4, 0.5) is 0 Å². The van der Waals surface area contributed by atoms with Crippen molar-refractivity contribution in [2.24, 2.45) is 5.41 Å². The van der Waals surface area contributed by atoms with E-state index in [0.717, 1.165) is 37.7 Å². The molecule has 0 saturated heterocycles. The minimum Gasteiger partial charge on any atom is -0.486 e. The van der Waals surface area contributed by atoms with E-state index in [4.69, 9.17) is 9.47 Å². The molecule has 20 heavy (non-hydrogen) atoms. The summed E-state index contributed by atoms with van der Waals surface area (Å²) in [5, 5.41) is 20.2. The van der Waals surface area contributed by atoms with Crippen molar-refractivity contribution < 1.29 is 14.6 Å². The van der Waals surface area contributed by atoms with E-state index >= 15 is 0 Å². The molecule has 106 valence electrons. The summed E-state index contributed by atoms with van der Waals surface area (Å²) in [5.41, 5.74) is 0.0971. The molecular weight excluding hydrogens is 254 g/mol. The Hall–Kier alpha value is -1.73. The van der Waals surface area contributed by atoms with E-state index in [2.05, 4.69) is 6.07 Å². The van der Waals surface area contributed by atoms with Crippen LogP contribution in [0.15, 0.2) is 18.2 Å². The van der Waals surface area contributed by atoms with Gasteiger partial charge in [-0.05, 0) is 30.5 Å². The molecule has 1 aromatic rings. The van der Waals surface area contributed by atoms with Crippen LogP contribution in [-0.2, 0) is 0 Å². The highest BCUT2D eigenvalue weighted by Gasteiger charge is 2.40. The molecule has 1 saturated carbocycles. The second kappa shape index (κ2) is 5.34. The average Bonchev–Trinajstić information content (AvgIpc) is 2.54. The molecule has 1 aliphatic heterocycles. The molecule has 1 unspecified atom stereocenters. The van der Waals surface area contributed by atoms with E-state index in [1.54, 1.807) is 0 Å². The molecule has 0 bridgehead atoms. The van der Waals surface area contributed by atoms with Crippen molar-refractivity contribution in [3.8, 4) is 17.6 Å². The van der Waals surface area contributed by atoms with Crippen molar-refractivity contribution >= 4 is 0 Å². The first-order chi connectivity index (χ1) is 9.75. The lowest BCUT2D eigenvalue weighted by atomic mass is 9.69. The second-order valence-electron chi connectivity index (χ2n) is 5.63. The molecule has 0 amide bonds. The van der Waals surface area contributed by atoms with Gasteiger partial charge in [0.25, 0.3) is 0 Å². The van der Waals surface area contributed by atoms with E-state index in [0.29, 0.717) is 24.7 Å². The van der Waals surface area contributed by atoms with E-state index in [1.165, 1.54) is 0 Å². The first-order valence-electron chi connectivity index (χ1n) is 7.24. The van der Waals surface area contributed by atoms with Crippen LogP contribution in [0, 0.1) is 16.7 Å². The van der Waals surface area contributed by atoms with Crippen molar-refractivity contribution in [1.29, 1.82) is 5.26 Å². The van der Waals surface area contributed by atoms with Crippen LogP contribution < -0.4 is 9.47 Å². The van der Waals surface area contributed by atoms with E-state index in [1.807, 2.05) is 18.2 Å². The number of aliphatic hydroxyl groups excluding tert-OH is 1. The predicted molar refractivity (Wildman–Crippen MR) is 73.5 cm³/mol. The molecule has 1 N–H and O–H groups in total. The fraction of sp³-hybridized carbons (Fsp3) is 0.562. The standard InChI is InChI=1S/C16H19NO3/c17-11-16(6-2-1-3-7-16)15(18)12-4-5-13-14(10-12)20-9-8-19-13/h4-5,10,15,18H,1-3,6-9H2. The normalized spacial score (nSPS) is 21.8. The number of aliphatic hydroxyl groups is 1. The Morgan fingerprint density at radius 3 is 2.50 bits per heavy atom. The minimum absolute atomic E-state index is 0.524. The van der Waals surface area contributed by atoms with Crippen molar-refractivity contribution in [3.05, 3.63) is 23.8 Å². The van der Waals surface area contributed by atoms with Crippen LogP contribution >= 0.6 is 0 Å². The molecule has 0 spiro atoms. The largest absolute Gasteiger partial charge is 0.486 e. The van der Waals surface area contributed by atoms with Crippen molar-refractivity contribution in [3.63, 3.8) is 0 Å². The van der Waals surface area contributed by atoms with Crippen LogP contribution in [-0.4, -0.2) is 18.3 Å². The highest BCUT2D eigenvalue weighted by molar-refractivity contribution is 5.45. The topological polar surface area (TPSA) is 62.5 Å². The summed E-state index contributed by atoms with van der Waals surface area (Å²) in [6.07, 6.45) is 3.93. The predicted octanol–water partition coefficient (Wildman–Crippen LogP) is 2.97. The molecule has 4 heteroatoms. The molecule has 1 aliphatic carbocycles. The summed E-state index contributed by atoms with van der Waals surface area (Å²) >= 11 is 0. The summed E-state index contributed by atoms with van der Waals surface area (Å²) in [7, 11) is 0. The number of benzene rings is 1. The third kappa shape index (κ3) is 2.23. The maximum Gasteiger partial charge on any atom is 0.161 e. The van der Waals surface area contributed by atoms with Crippen LogP contribution in [0.25, 0.3) is 0 Å². The summed E-state index contributed by atoms with van der Waals surface area (Å²) in [4.78, 5) is 0. The lowest BCUT2D eigenvalue weighted by Gasteiger charge is -2.35. The fourth-order valence-electron chi connectivity index (χ4n) is 3.18. The van der Waals surface area contributed by atoms with Crippen LogP contribution in [0.1, 0.15) is 43.8 Å². The van der Waals surface area contributed by atoms with E-state index in [9.17, 15) is 10.4 Å². The lowest BCUT2D eigenvalue weighted by Crippen LogP contribution is -2.30. The zero-order valence-electron chi connectivity index (χ0n) is 11.5. The summed E-state index contributed by atoms with van der Waals surface area (Å²) in [5.74, 6) is 1.37. The van der Waals surface area contributed by atoms with E-state index < -0.39 is 11.5 Å². The number of nitriles is 1. The van der Waals surface area contributed by atoms with Gasteiger partial charge in [-0.15, -0.1) is 0 Å². The highest BCUT2D eigenvalue weighted by Crippen LogP contribution is 2.46. The zero-order valence-corrected chi connectivity index (χ0v) is 11.5. The number of fused-ring (bicyclic) bond motifs is 1. The van der Waals surface area contributed by atoms with Gasteiger partial charge in [-0.3, -0.25) is 0 Å². The highest BCUT2D eigenvalue weighted by atomic mass is 16.6. The van der Waals surface area contributed by atoms with E-state index in [-0.39, 0.29) is 0 Å². The Balaban J connectivity index is 1.89. The fourth-order valence-corrected chi connectivity index (χ4v) is 3.18. The Morgan fingerprint density at radius 1 is 1.10 bits per heavy atom. The van der Waals surface area contributed by atoms with Crippen molar-refractivity contribution in [2.75, 3.05) is 13.2 Å². The maximum atomic E-state index is 10.7. The molecule has 1 aromatic carbocycles. The Labute approximate surface area is 118 Å². The molecule has 1 fully saturated rings. The van der Waals surface area contributed by atoms with Gasteiger partial charge in [0.1, 0.15) is 13.2 Å². The maximum absolute atomic E-state index is 10.7. The quantitative estimate of drug-likeness (QED) is 0.899. The first-order valence-corrected chi connectivity index (χ1v) is 7.24. The minimum atomic E-state index is -0.761.